The van der Waals surface area contributed by atoms with Gasteiger partial charge in [-0.25, -0.2) is 0 Å². The van der Waals surface area contributed by atoms with Gasteiger partial charge < -0.3 is 4.74 Å². The van der Waals surface area contributed by atoms with E-state index in [-0.39, 0.29) is 5.97 Å². The zero-order chi connectivity index (χ0) is 13.8. The molecule has 1 aliphatic rings. The van der Waals surface area contributed by atoms with Crippen molar-refractivity contribution >= 4 is 16.7 Å². The SMILES string of the molecule is O=C(CCC1CCCC1)Oc1ccc2ccccc2c1. The highest BCUT2D eigenvalue weighted by atomic mass is 16.5. The average molecular weight is 268 g/mol. The van der Waals surface area contributed by atoms with Gasteiger partial charge in [0.25, 0.3) is 0 Å². The second-order valence-electron chi connectivity index (χ2n) is 5.67. The van der Waals surface area contributed by atoms with Crippen LogP contribution in [0, 0.1) is 5.92 Å². The molecule has 104 valence electrons. The van der Waals surface area contributed by atoms with Gasteiger partial charge >= 0.3 is 5.97 Å². The van der Waals surface area contributed by atoms with E-state index in [1.807, 2.05) is 36.4 Å². The van der Waals surface area contributed by atoms with Gasteiger partial charge in [0.2, 0.25) is 0 Å². The van der Waals surface area contributed by atoms with Crippen molar-refractivity contribution in [1.29, 1.82) is 0 Å². The number of esters is 1. The van der Waals surface area contributed by atoms with Crippen LogP contribution in [0.5, 0.6) is 5.75 Å². The Balaban J connectivity index is 1.59. The predicted molar refractivity (Wildman–Crippen MR) is 80.8 cm³/mol. The third-order valence-corrected chi connectivity index (χ3v) is 4.18. The quantitative estimate of drug-likeness (QED) is 0.592. The molecule has 2 heteroatoms. The fourth-order valence-corrected chi connectivity index (χ4v) is 3.03. The molecule has 1 aliphatic carbocycles. The van der Waals surface area contributed by atoms with Crippen molar-refractivity contribution in [2.24, 2.45) is 5.92 Å². The Hall–Kier alpha value is -1.83. The Labute approximate surface area is 119 Å². The molecule has 0 N–H and O–H groups in total. The summed E-state index contributed by atoms with van der Waals surface area (Å²) in [5.74, 6) is 1.28. The summed E-state index contributed by atoms with van der Waals surface area (Å²) in [7, 11) is 0. The van der Waals surface area contributed by atoms with Crippen LogP contribution in [-0.4, -0.2) is 5.97 Å². The first-order valence-corrected chi connectivity index (χ1v) is 7.51. The van der Waals surface area contributed by atoms with E-state index in [0.29, 0.717) is 12.2 Å². The molecule has 2 aromatic carbocycles. The Bertz CT molecular complexity index is 597. The summed E-state index contributed by atoms with van der Waals surface area (Å²) in [6.07, 6.45) is 6.73. The van der Waals surface area contributed by atoms with Crippen LogP contribution in [0.15, 0.2) is 42.5 Å². The minimum absolute atomic E-state index is 0.104. The Kier molecular flexibility index (Phi) is 4.00. The molecule has 0 aliphatic heterocycles. The molecule has 0 aromatic heterocycles. The number of fused-ring (bicyclic) bond motifs is 1. The average Bonchev–Trinajstić information content (AvgIpc) is 2.98. The maximum absolute atomic E-state index is 11.9. The van der Waals surface area contributed by atoms with Crippen LogP contribution in [0.25, 0.3) is 10.8 Å². The summed E-state index contributed by atoms with van der Waals surface area (Å²) < 4.78 is 5.44. The van der Waals surface area contributed by atoms with Crippen molar-refractivity contribution in [2.45, 2.75) is 38.5 Å². The van der Waals surface area contributed by atoms with Gasteiger partial charge in [-0.3, -0.25) is 4.79 Å². The van der Waals surface area contributed by atoms with Crippen LogP contribution in [-0.2, 0) is 4.79 Å². The van der Waals surface area contributed by atoms with Crippen LogP contribution >= 0.6 is 0 Å². The minimum atomic E-state index is -0.104. The van der Waals surface area contributed by atoms with Crippen molar-refractivity contribution < 1.29 is 9.53 Å². The predicted octanol–water partition coefficient (Wildman–Crippen LogP) is 4.72. The lowest BCUT2D eigenvalue weighted by molar-refractivity contribution is -0.134. The molecule has 1 saturated carbocycles. The largest absolute Gasteiger partial charge is 0.427 e. The van der Waals surface area contributed by atoms with E-state index in [9.17, 15) is 4.79 Å². The molecule has 0 bridgehead atoms. The van der Waals surface area contributed by atoms with E-state index in [1.54, 1.807) is 0 Å². The number of carbonyl (C=O) groups is 1. The lowest BCUT2D eigenvalue weighted by atomic mass is 10.0. The highest BCUT2D eigenvalue weighted by Gasteiger charge is 2.16. The molecule has 1 fully saturated rings. The standard InChI is InChI=1S/C18H20O2/c19-18(12-9-14-5-1-2-6-14)20-17-11-10-15-7-3-4-8-16(15)13-17/h3-4,7-8,10-11,13-14H,1-2,5-6,9,12H2. The second-order valence-corrected chi connectivity index (χ2v) is 5.67. The third-order valence-electron chi connectivity index (χ3n) is 4.18. The lowest BCUT2D eigenvalue weighted by Crippen LogP contribution is -2.09. The van der Waals surface area contributed by atoms with Gasteiger partial charge in [0, 0.05) is 6.42 Å². The Morgan fingerprint density at radius 3 is 2.60 bits per heavy atom. The molecule has 0 heterocycles. The van der Waals surface area contributed by atoms with Crippen LogP contribution < -0.4 is 4.74 Å². The van der Waals surface area contributed by atoms with E-state index < -0.39 is 0 Å². The van der Waals surface area contributed by atoms with E-state index in [1.165, 1.54) is 31.1 Å². The monoisotopic (exact) mass is 268 g/mol. The first-order chi connectivity index (χ1) is 9.81. The highest BCUT2D eigenvalue weighted by Crippen LogP contribution is 2.29. The molecule has 0 spiro atoms. The van der Waals surface area contributed by atoms with E-state index in [4.69, 9.17) is 4.74 Å². The molecule has 2 aromatic rings. The summed E-state index contributed by atoms with van der Waals surface area (Å²) >= 11 is 0. The summed E-state index contributed by atoms with van der Waals surface area (Å²) in [6, 6.07) is 13.9. The number of rotatable bonds is 4. The minimum Gasteiger partial charge on any atom is -0.427 e. The number of hydrogen-bond acceptors (Lipinski definition) is 2. The maximum atomic E-state index is 11.9. The number of hydrogen-bond donors (Lipinski definition) is 0. The topological polar surface area (TPSA) is 26.3 Å². The molecule has 0 atom stereocenters. The van der Waals surface area contributed by atoms with E-state index in [0.717, 1.165) is 17.7 Å². The normalized spacial score (nSPS) is 15.6. The molecular weight excluding hydrogens is 248 g/mol. The van der Waals surface area contributed by atoms with Crippen molar-refractivity contribution in [2.75, 3.05) is 0 Å². The molecular formula is C18H20O2. The lowest BCUT2D eigenvalue weighted by Gasteiger charge is -2.09. The van der Waals surface area contributed by atoms with Crippen molar-refractivity contribution in [1.82, 2.24) is 0 Å². The molecule has 3 rings (SSSR count). The summed E-state index contributed by atoms with van der Waals surface area (Å²) in [5, 5.41) is 2.27. The van der Waals surface area contributed by atoms with Gasteiger partial charge in [-0.05, 0) is 35.2 Å². The molecule has 0 amide bonds. The Morgan fingerprint density at radius 2 is 1.80 bits per heavy atom. The van der Waals surface area contributed by atoms with Crippen molar-refractivity contribution in [3.8, 4) is 5.75 Å². The van der Waals surface area contributed by atoms with Crippen molar-refractivity contribution in [3.63, 3.8) is 0 Å². The van der Waals surface area contributed by atoms with Crippen LogP contribution in [0.3, 0.4) is 0 Å². The van der Waals surface area contributed by atoms with Gasteiger partial charge in [-0.2, -0.15) is 0 Å². The first kappa shape index (κ1) is 13.2. The summed E-state index contributed by atoms with van der Waals surface area (Å²) in [4.78, 5) is 11.9. The van der Waals surface area contributed by atoms with E-state index >= 15 is 0 Å². The number of ether oxygens (including phenoxy) is 1. The zero-order valence-electron chi connectivity index (χ0n) is 11.7. The maximum Gasteiger partial charge on any atom is 0.311 e. The van der Waals surface area contributed by atoms with Gasteiger partial charge in [0.15, 0.2) is 0 Å². The van der Waals surface area contributed by atoms with Gasteiger partial charge in [-0.1, -0.05) is 56.0 Å². The van der Waals surface area contributed by atoms with Crippen LogP contribution in [0.2, 0.25) is 0 Å². The first-order valence-electron chi connectivity index (χ1n) is 7.51. The number of carbonyl (C=O) groups excluding carboxylic acids is 1. The molecule has 2 nitrogen and oxygen atoms in total. The van der Waals surface area contributed by atoms with Crippen LogP contribution in [0.4, 0.5) is 0 Å². The zero-order valence-corrected chi connectivity index (χ0v) is 11.7. The molecule has 0 unspecified atom stereocenters. The summed E-state index contributed by atoms with van der Waals surface area (Å²) in [5.41, 5.74) is 0. The smallest absolute Gasteiger partial charge is 0.311 e. The second kappa shape index (κ2) is 6.08. The molecule has 0 radical (unpaired) electrons. The van der Waals surface area contributed by atoms with Gasteiger partial charge in [0.05, 0.1) is 0 Å². The van der Waals surface area contributed by atoms with Crippen molar-refractivity contribution in [3.05, 3.63) is 42.5 Å². The number of benzene rings is 2. The molecule has 20 heavy (non-hydrogen) atoms. The van der Waals surface area contributed by atoms with Gasteiger partial charge in [0.1, 0.15) is 5.75 Å². The van der Waals surface area contributed by atoms with E-state index in [2.05, 4.69) is 6.07 Å². The fourth-order valence-electron chi connectivity index (χ4n) is 3.03. The van der Waals surface area contributed by atoms with Gasteiger partial charge in [-0.15, -0.1) is 0 Å². The summed E-state index contributed by atoms with van der Waals surface area (Å²) in [6.45, 7) is 0. The molecule has 0 saturated heterocycles. The van der Waals surface area contributed by atoms with Crippen LogP contribution in [0.1, 0.15) is 38.5 Å². The third kappa shape index (κ3) is 3.19. The Morgan fingerprint density at radius 1 is 1.05 bits per heavy atom. The fraction of sp³-hybridized carbons (Fsp3) is 0.389. The highest BCUT2D eigenvalue weighted by molar-refractivity contribution is 5.84.